The van der Waals surface area contributed by atoms with Crippen LogP contribution in [0.25, 0.3) is 11.2 Å². The summed E-state index contributed by atoms with van der Waals surface area (Å²) in [5.74, 6) is -1.95. The Bertz CT molecular complexity index is 1620. The number of halogens is 1. The van der Waals surface area contributed by atoms with Crippen LogP contribution >= 0.6 is 26.8 Å². The Labute approximate surface area is 232 Å². The summed E-state index contributed by atoms with van der Waals surface area (Å²) in [4.78, 5) is 42.8. The van der Waals surface area contributed by atoms with Gasteiger partial charge in [-0.05, 0) is 42.0 Å². The molecule has 3 atom stereocenters. The second-order valence-corrected chi connectivity index (χ2v) is 14.6. The van der Waals surface area contributed by atoms with Gasteiger partial charge in [0.1, 0.15) is 12.9 Å². The lowest BCUT2D eigenvalue weighted by atomic mass is 9.65. The number of fused-ring (bicyclic) bond motifs is 3. The molecule has 1 saturated heterocycles. The summed E-state index contributed by atoms with van der Waals surface area (Å²) in [7, 11) is -9.57. The summed E-state index contributed by atoms with van der Waals surface area (Å²) in [6, 6.07) is 8.48. The van der Waals surface area contributed by atoms with Gasteiger partial charge in [-0.3, -0.25) is 18.2 Å². The first-order valence-electron chi connectivity index (χ1n) is 12.4. The largest absolute Gasteiger partial charge is 0.506 e. The molecule has 3 aliphatic rings. The maximum atomic E-state index is 12.0. The summed E-state index contributed by atoms with van der Waals surface area (Å²) >= 11 is 6.29. The number of rotatable bonds is 7. The van der Waals surface area contributed by atoms with Crippen molar-refractivity contribution >= 4 is 43.8 Å². The Morgan fingerprint density at radius 1 is 1.18 bits per heavy atom. The SMILES string of the molecule is O=P(O)(O)CP(=O)(O)OCC1=C(O)C(O)[C@H](n2cnc3c(N4CC5(CCCc6ccccc65)C4)nc(Cl)nc32)O1. The predicted molar refractivity (Wildman–Crippen MR) is 142 cm³/mol. The van der Waals surface area contributed by atoms with Crippen molar-refractivity contribution < 1.29 is 43.3 Å². The molecule has 1 aliphatic carbocycles. The minimum absolute atomic E-state index is 0.0163. The zero-order valence-electron chi connectivity index (χ0n) is 20.9. The quantitative estimate of drug-likeness (QED) is 0.192. The van der Waals surface area contributed by atoms with E-state index in [1.54, 1.807) is 0 Å². The molecule has 14 nitrogen and oxygen atoms in total. The Morgan fingerprint density at radius 2 is 1.93 bits per heavy atom. The average molecular weight is 614 g/mol. The van der Waals surface area contributed by atoms with Gasteiger partial charge in [0.05, 0.1) is 0 Å². The van der Waals surface area contributed by atoms with E-state index in [1.165, 1.54) is 22.0 Å². The first-order valence-corrected chi connectivity index (χ1v) is 16.3. The molecule has 2 aliphatic heterocycles. The lowest BCUT2D eigenvalue weighted by molar-refractivity contribution is -0.0112. The summed E-state index contributed by atoms with van der Waals surface area (Å²) in [6.07, 6.45) is 1.66. The number of aryl methyl sites for hydroxylation is 1. The minimum Gasteiger partial charge on any atom is -0.506 e. The molecule has 1 aromatic carbocycles. The summed E-state index contributed by atoms with van der Waals surface area (Å²) in [6.45, 7) is 0.626. The molecule has 40 heavy (non-hydrogen) atoms. The van der Waals surface area contributed by atoms with Crippen LogP contribution in [0.3, 0.4) is 0 Å². The molecule has 0 bridgehead atoms. The lowest BCUT2D eigenvalue weighted by Gasteiger charge is -2.53. The van der Waals surface area contributed by atoms with E-state index in [0.29, 0.717) is 11.3 Å². The molecule has 0 amide bonds. The smallest absolute Gasteiger partial charge is 0.340 e. The van der Waals surface area contributed by atoms with E-state index in [0.717, 1.165) is 32.4 Å². The molecule has 0 radical (unpaired) electrons. The van der Waals surface area contributed by atoms with Crippen molar-refractivity contribution in [2.75, 3.05) is 30.5 Å². The second-order valence-electron chi connectivity index (χ2n) is 10.3. The molecular weight excluding hydrogens is 588 g/mol. The number of hydrogen-bond donors (Lipinski definition) is 5. The van der Waals surface area contributed by atoms with Gasteiger partial charge in [-0.1, -0.05) is 24.3 Å². The van der Waals surface area contributed by atoms with E-state index >= 15 is 0 Å². The molecule has 4 heterocycles. The number of imidazole rings is 1. The molecule has 6 rings (SSSR count). The van der Waals surface area contributed by atoms with Crippen molar-refractivity contribution in [3.63, 3.8) is 0 Å². The zero-order chi connectivity index (χ0) is 28.4. The third-order valence-corrected chi connectivity index (χ3v) is 11.1. The minimum atomic E-state index is -4.85. The van der Waals surface area contributed by atoms with E-state index in [-0.39, 0.29) is 22.1 Å². The number of aliphatic hydroxyl groups excluding tert-OH is 2. The molecule has 2 aromatic heterocycles. The van der Waals surface area contributed by atoms with E-state index in [2.05, 4.69) is 44.1 Å². The first kappa shape index (κ1) is 27.6. The van der Waals surface area contributed by atoms with Crippen molar-refractivity contribution in [2.24, 2.45) is 0 Å². The third kappa shape index (κ3) is 4.93. The van der Waals surface area contributed by atoms with Crippen LogP contribution in [0.4, 0.5) is 5.82 Å². The Hall–Kier alpha value is -2.54. The van der Waals surface area contributed by atoms with Crippen LogP contribution in [0.1, 0.15) is 30.2 Å². The normalized spacial score (nSPS) is 23.7. The van der Waals surface area contributed by atoms with Gasteiger partial charge in [-0.25, -0.2) is 4.98 Å². The summed E-state index contributed by atoms with van der Waals surface area (Å²) < 4.78 is 34.7. The number of benzene rings is 1. The Balaban J connectivity index is 1.23. The standard InChI is InChI=1S/C23H26ClN5O9P2/c24-22-26-19(28-9-23(10-28)7-3-5-13-4-1-2-6-14(13)23)16-20(27-22)29(11-25-16)21-18(31)17(30)15(38-21)8-37-40(35,36)12-39(32,33)34/h1-2,4,6,11,18,21,30-31H,3,5,7-10,12H2,(H,35,36)(H2,32,33,34)/t18?,21-/m1/s1. The van der Waals surface area contributed by atoms with Gasteiger partial charge >= 0.3 is 15.2 Å². The molecule has 5 N–H and O–H groups in total. The van der Waals surface area contributed by atoms with Gasteiger partial charge in [0.2, 0.25) is 11.5 Å². The fourth-order valence-electron chi connectivity index (χ4n) is 5.77. The van der Waals surface area contributed by atoms with E-state index in [9.17, 15) is 24.2 Å². The highest BCUT2D eigenvalue weighted by Crippen LogP contribution is 2.56. The molecular formula is C23H26ClN5O9P2. The summed E-state index contributed by atoms with van der Waals surface area (Å²) in [5.41, 5.74) is 3.37. The van der Waals surface area contributed by atoms with Crippen molar-refractivity contribution in [3.05, 3.63) is 58.5 Å². The van der Waals surface area contributed by atoms with Crippen LogP contribution in [0.15, 0.2) is 42.1 Å². The van der Waals surface area contributed by atoms with Gasteiger partial charge in [0.25, 0.3) is 0 Å². The van der Waals surface area contributed by atoms with Crippen LogP contribution in [0, 0.1) is 0 Å². The van der Waals surface area contributed by atoms with Gasteiger partial charge in [0, 0.05) is 18.5 Å². The Morgan fingerprint density at radius 3 is 2.67 bits per heavy atom. The molecule has 2 unspecified atom stereocenters. The number of nitrogens with zero attached hydrogens (tertiary/aromatic N) is 5. The number of anilines is 1. The maximum absolute atomic E-state index is 12.0. The van der Waals surface area contributed by atoms with Crippen LogP contribution in [0.2, 0.25) is 5.28 Å². The van der Waals surface area contributed by atoms with E-state index < -0.39 is 45.8 Å². The van der Waals surface area contributed by atoms with Crippen LogP contribution < -0.4 is 4.90 Å². The Kier molecular flexibility index (Phi) is 6.75. The van der Waals surface area contributed by atoms with Crippen molar-refractivity contribution in [2.45, 2.75) is 37.0 Å². The lowest BCUT2D eigenvalue weighted by Crippen LogP contribution is -2.61. The third-order valence-electron chi connectivity index (χ3n) is 7.49. The number of hydrogen-bond acceptors (Lipinski definition) is 10. The van der Waals surface area contributed by atoms with Crippen molar-refractivity contribution in [3.8, 4) is 0 Å². The predicted octanol–water partition coefficient (Wildman–Crippen LogP) is 2.57. The number of ether oxygens (including phenoxy) is 1. The zero-order valence-corrected chi connectivity index (χ0v) is 23.4. The average Bonchev–Trinajstić information content (AvgIpc) is 3.39. The highest BCUT2D eigenvalue weighted by Gasteiger charge is 2.48. The van der Waals surface area contributed by atoms with E-state index in [4.69, 9.17) is 30.6 Å². The van der Waals surface area contributed by atoms with Crippen LogP contribution in [-0.2, 0) is 30.2 Å². The molecule has 0 saturated carbocycles. The molecule has 214 valence electrons. The highest BCUT2D eigenvalue weighted by molar-refractivity contribution is 7.70. The van der Waals surface area contributed by atoms with Gasteiger partial charge in [-0.15, -0.1) is 0 Å². The second kappa shape index (κ2) is 9.78. The molecule has 1 fully saturated rings. The summed E-state index contributed by atoms with van der Waals surface area (Å²) in [5, 5.41) is 21.0. The fourth-order valence-corrected chi connectivity index (χ4v) is 8.44. The topological polar surface area (TPSA) is 201 Å². The number of aromatic nitrogens is 4. The van der Waals surface area contributed by atoms with Crippen LogP contribution in [-0.4, -0.2) is 76.1 Å². The van der Waals surface area contributed by atoms with Gasteiger partial charge in [-0.2, -0.15) is 9.97 Å². The fraction of sp³-hybridized carbons (Fsp3) is 0.435. The first-order chi connectivity index (χ1) is 18.9. The monoisotopic (exact) mass is 613 g/mol. The molecule has 17 heteroatoms. The van der Waals surface area contributed by atoms with Gasteiger partial charge < -0.3 is 34.5 Å². The van der Waals surface area contributed by atoms with E-state index in [1.807, 2.05) is 0 Å². The molecule has 1 spiro atoms. The maximum Gasteiger partial charge on any atom is 0.340 e. The molecule has 3 aromatic rings. The van der Waals surface area contributed by atoms with Crippen molar-refractivity contribution in [1.29, 1.82) is 0 Å². The van der Waals surface area contributed by atoms with Crippen LogP contribution in [0.5, 0.6) is 0 Å². The van der Waals surface area contributed by atoms with Crippen molar-refractivity contribution in [1.82, 2.24) is 19.5 Å². The highest BCUT2D eigenvalue weighted by atomic mass is 35.5. The number of aliphatic hydroxyl groups is 2. The van der Waals surface area contributed by atoms with Gasteiger partial charge in [0.15, 0.2) is 40.5 Å².